The van der Waals surface area contributed by atoms with Crippen molar-refractivity contribution in [3.05, 3.63) is 0 Å². The average molecular weight is 224 g/mol. The van der Waals surface area contributed by atoms with Crippen molar-refractivity contribution in [1.82, 2.24) is 10.2 Å². The number of carbonyl (C=O) groups is 1. The summed E-state index contributed by atoms with van der Waals surface area (Å²) in [6, 6.07) is 0.799. The molecule has 92 valence electrons. The Morgan fingerprint density at radius 1 is 1.25 bits per heavy atom. The lowest BCUT2D eigenvalue weighted by Crippen LogP contribution is -2.57. The molecule has 4 atom stereocenters. The summed E-state index contributed by atoms with van der Waals surface area (Å²) in [5.74, 6) is 1.29. The molecule has 0 aromatic carbocycles. The number of hydrogen-bond donors (Lipinski definition) is 1. The molecule has 0 bridgehead atoms. The SMILES string of the molecule is CC1CN(C(=O)C2CCCC2C)C(C)CN1. The van der Waals surface area contributed by atoms with Crippen LogP contribution in [-0.4, -0.2) is 36.0 Å². The smallest absolute Gasteiger partial charge is 0.226 e. The Balaban J connectivity index is 2.02. The van der Waals surface area contributed by atoms with E-state index in [4.69, 9.17) is 0 Å². The number of piperazine rings is 1. The standard InChI is InChI=1S/C13H24N2O/c1-9-5-4-6-12(9)13(16)15-8-10(2)14-7-11(15)3/h9-12,14H,4-8H2,1-3H3. The molecule has 1 heterocycles. The predicted molar refractivity (Wildman–Crippen MR) is 65.1 cm³/mol. The quantitative estimate of drug-likeness (QED) is 0.734. The third kappa shape index (κ3) is 2.24. The van der Waals surface area contributed by atoms with Crippen LogP contribution >= 0.6 is 0 Å². The molecule has 2 fully saturated rings. The highest BCUT2D eigenvalue weighted by Crippen LogP contribution is 2.33. The van der Waals surface area contributed by atoms with Gasteiger partial charge in [-0.3, -0.25) is 4.79 Å². The predicted octanol–water partition coefficient (Wildman–Crippen LogP) is 1.63. The molecule has 2 rings (SSSR count). The Bertz CT molecular complexity index is 267. The number of hydrogen-bond acceptors (Lipinski definition) is 2. The van der Waals surface area contributed by atoms with Crippen LogP contribution in [0.1, 0.15) is 40.0 Å². The minimum atomic E-state index is 0.299. The third-order valence-electron chi connectivity index (χ3n) is 4.23. The highest BCUT2D eigenvalue weighted by Gasteiger charge is 2.36. The Morgan fingerprint density at radius 3 is 2.62 bits per heavy atom. The normalized spacial score (nSPS) is 40.1. The minimum Gasteiger partial charge on any atom is -0.337 e. The van der Waals surface area contributed by atoms with Crippen molar-refractivity contribution in [2.75, 3.05) is 13.1 Å². The fraction of sp³-hybridized carbons (Fsp3) is 0.923. The average Bonchev–Trinajstić information content (AvgIpc) is 2.67. The van der Waals surface area contributed by atoms with Gasteiger partial charge in [-0.2, -0.15) is 0 Å². The third-order valence-corrected chi connectivity index (χ3v) is 4.23. The zero-order valence-electron chi connectivity index (χ0n) is 10.7. The van der Waals surface area contributed by atoms with E-state index in [-0.39, 0.29) is 0 Å². The van der Waals surface area contributed by atoms with Gasteiger partial charge in [0.2, 0.25) is 5.91 Å². The van der Waals surface area contributed by atoms with E-state index in [0.29, 0.717) is 29.8 Å². The molecule has 3 nitrogen and oxygen atoms in total. The summed E-state index contributed by atoms with van der Waals surface area (Å²) in [6.07, 6.45) is 3.56. The largest absolute Gasteiger partial charge is 0.337 e. The summed E-state index contributed by atoms with van der Waals surface area (Å²) in [5.41, 5.74) is 0. The number of rotatable bonds is 1. The second kappa shape index (κ2) is 4.74. The second-order valence-electron chi connectivity index (χ2n) is 5.66. The molecular weight excluding hydrogens is 200 g/mol. The molecule has 1 aliphatic heterocycles. The van der Waals surface area contributed by atoms with Gasteiger partial charge in [0.05, 0.1) is 0 Å². The van der Waals surface area contributed by atoms with Crippen molar-refractivity contribution in [2.45, 2.75) is 52.1 Å². The summed E-state index contributed by atoms with van der Waals surface area (Å²) < 4.78 is 0. The molecule has 1 amide bonds. The zero-order valence-corrected chi connectivity index (χ0v) is 10.7. The van der Waals surface area contributed by atoms with Gasteiger partial charge in [-0.1, -0.05) is 13.3 Å². The van der Waals surface area contributed by atoms with Gasteiger partial charge in [0.25, 0.3) is 0 Å². The van der Waals surface area contributed by atoms with Crippen molar-refractivity contribution >= 4 is 5.91 Å². The van der Waals surface area contributed by atoms with Crippen LogP contribution in [0.2, 0.25) is 0 Å². The fourth-order valence-corrected chi connectivity index (χ4v) is 3.05. The van der Waals surface area contributed by atoms with E-state index in [1.54, 1.807) is 0 Å². The minimum absolute atomic E-state index is 0.299. The first kappa shape index (κ1) is 11.9. The highest BCUT2D eigenvalue weighted by molar-refractivity contribution is 5.80. The number of nitrogens with zero attached hydrogens (tertiary/aromatic N) is 1. The molecule has 1 aliphatic carbocycles. The van der Waals surface area contributed by atoms with Crippen LogP contribution in [0.15, 0.2) is 0 Å². The van der Waals surface area contributed by atoms with Gasteiger partial charge < -0.3 is 10.2 Å². The van der Waals surface area contributed by atoms with Crippen LogP contribution in [0.4, 0.5) is 0 Å². The van der Waals surface area contributed by atoms with Crippen molar-refractivity contribution in [1.29, 1.82) is 0 Å². The van der Waals surface area contributed by atoms with Crippen LogP contribution in [0.25, 0.3) is 0 Å². The maximum absolute atomic E-state index is 12.5. The summed E-state index contributed by atoms with van der Waals surface area (Å²) in [6.45, 7) is 8.35. The molecule has 1 saturated heterocycles. The summed E-state index contributed by atoms with van der Waals surface area (Å²) >= 11 is 0. The van der Waals surface area contributed by atoms with Gasteiger partial charge in [-0.15, -0.1) is 0 Å². The van der Waals surface area contributed by atoms with Gasteiger partial charge in [0.15, 0.2) is 0 Å². The summed E-state index contributed by atoms with van der Waals surface area (Å²) in [7, 11) is 0. The van der Waals surface area contributed by atoms with Crippen molar-refractivity contribution < 1.29 is 4.79 Å². The molecule has 1 saturated carbocycles. The number of carbonyl (C=O) groups excluding carboxylic acids is 1. The maximum atomic E-state index is 12.5. The van der Waals surface area contributed by atoms with Gasteiger partial charge in [-0.25, -0.2) is 0 Å². The molecule has 0 radical (unpaired) electrons. The Hall–Kier alpha value is -0.570. The Morgan fingerprint density at radius 2 is 2.00 bits per heavy atom. The van der Waals surface area contributed by atoms with Crippen LogP contribution in [0.3, 0.4) is 0 Å². The number of nitrogens with one attached hydrogen (secondary N) is 1. The Labute approximate surface area is 98.6 Å². The van der Waals surface area contributed by atoms with Crippen molar-refractivity contribution in [2.24, 2.45) is 11.8 Å². The highest BCUT2D eigenvalue weighted by atomic mass is 16.2. The van der Waals surface area contributed by atoms with Crippen LogP contribution in [-0.2, 0) is 4.79 Å². The van der Waals surface area contributed by atoms with Crippen LogP contribution < -0.4 is 5.32 Å². The molecule has 2 aliphatic rings. The van der Waals surface area contributed by atoms with E-state index < -0.39 is 0 Å². The first-order chi connectivity index (χ1) is 7.59. The van der Waals surface area contributed by atoms with E-state index in [9.17, 15) is 4.79 Å². The van der Waals surface area contributed by atoms with E-state index in [0.717, 1.165) is 19.5 Å². The summed E-state index contributed by atoms with van der Waals surface area (Å²) in [5, 5.41) is 3.42. The second-order valence-corrected chi connectivity index (χ2v) is 5.66. The topological polar surface area (TPSA) is 32.3 Å². The fourth-order valence-electron chi connectivity index (χ4n) is 3.05. The molecule has 0 aromatic heterocycles. The first-order valence-corrected chi connectivity index (χ1v) is 6.63. The zero-order chi connectivity index (χ0) is 11.7. The van der Waals surface area contributed by atoms with E-state index in [1.165, 1.54) is 12.8 Å². The van der Waals surface area contributed by atoms with E-state index in [2.05, 4.69) is 31.0 Å². The Kier molecular flexibility index (Phi) is 3.53. The van der Waals surface area contributed by atoms with Crippen LogP contribution in [0, 0.1) is 11.8 Å². The van der Waals surface area contributed by atoms with Gasteiger partial charge in [0, 0.05) is 31.1 Å². The van der Waals surface area contributed by atoms with Gasteiger partial charge >= 0.3 is 0 Å². The molecule has 0 aromatic rings. The first-order valence-electron chi connectivity index (χ1n) is 6.63. The number of amides is 1. The maximum Gasteiger partial charge on any atom is 0.226 e. The molecule has 1 N–H and O–H groups in total. The monoisotopic (exact) mass is 224 g/mol. The van der Waals surface area contributed by atoms with Gasteiger partial charge in [0.1, 0.15) is 0 Å². The van der Waals surface area contributed by atoms with Crippen LogP contribution in [0.5, 0.6) is 0 Å². The molecule has 16 heavy (non-hydrogen) atoms. The molecule has 4 unspecified atom stereocenters. The lowest BCUT2D eigenvalue weighted by Gasteiger charge is -2.39. The molecule has 0 spiro atoms. The van der Waals surface area contributed by atoms with Crippen molar-refractivity contribution in [3.8, 4) is 0 Å². The van der Waals surface area contributed by atoms with E-state index >= 15 is 0 Å². The van der Waals surface area contributed by atoms with E-state index in [1.807, 2.05) is 0 Å². The lowest BCUT2D eigenvalue weighted by molar-refractivity contribution is -0.140. The van der Waals surface area contributed by atoms with Crippen molar-refractivity contribution in [3.63, 3.8) is 0 Å². The lowest BCUT2D eigenvalue weighted by atomic mass is 9.95. The molecule has 3 heteroatoms. The molecular formula is C13H24N2O. The van der Waals surface area contributed by atoms with Gasteiger partial charge in [-0.05, 0) is 32.6 Å². The summed E-state index contributed by atoms with van der Waals surface area (Å²) in [4.78, 5) is 14.6.